The van der Waals surface area contributed by atoms with Gasteiger partial charge in [-0.1, -0.05) is 26.0 Å². The molecular weight excluding hydrogens is 326 g/mol. The third-order valence-electron chi connectivity index (χ3n) is 5.32. The number of benzene rings is 1. The normalized spacial score (nSPS) is 17.8. The molecule has 26 heavy (non-hydrogen) atoms. The first-order valence-electron chi connectivity index (χ1n) is 10.2. The van der Waals surface area contributed by atoms with Crippen LogP contribution in [0.3, 0.4) is 0 Å². The van der Waals surface area contributed by atoms with Gasteiger partial charge in [-0.05, 0) is 30.0 Å². The first-order chi connectivity index (χ1) is 12.7. The highest BCUT2D eigenvalue weighted by atomic mass is 16.5. The van der Waals surface area contributed by atoms with Crippen molar-refractivity contribution in [1.82, 2.24) is 14.7 Å². The molecule has 1 aromatic rings. The minimum atomic E-state index is 0.292. The van der Waals surface area contributed by atoms with Crippen molar-refractivity contribution in [2.45, 2.75) is 39.7 Å². The molecule has 1 fully saturated rings. The summed E-state index contributed by atoms with van der Waals surface area (Å²) in [6, 6.07) is 6.60. The summed E-state index contributed by atoms with van der Waals surface area (Å²) in [7, 11) is 0. The van der Waals surface area contributed by atoms with Crippen LogP contribution in [-0.4, -0.2) is 73.0 Å². The molecule has 0 atom stereocenters. The summed E-state index contributed by atoms with van der Waals surface area (Å²) >= 11 is 0. The standard InChI is InChI=1S/C21H33N3O2/c1-3-8-24(9-4-2)21(25)17-23-12-10-22(11-13-23)16-18-5-6-20-19(15-18)7-14-26-20/h5-6,15H,3-4,7-14,16-17H2,1-2H3. The molecule has 3 rings (SSSR count). The molecule has 0 spiro atoms. The summed E-state index contributed by atoms with van der Waals surface area (Å²) in [5.74, 6) is 1.35. The lowest BCUT2D eigenvalue weighted by atomic mass is 10.1. The Morgan fingerprint density at radius 1 is 1.08 bits per heavy atom. The van der Waals surface area contributed by atoms with Gasteiger partial charge in [-0.25, -0.2) is 0 Å². The lowest BCUT2D eigenvalue weighted by Crippen LogP contribution is -2.49. The molecule has 0 saturated carbocycles. The molecule has 0 bridgehead atoms. The van der Waals surface area contributed by atoms with E-state index >= 15 is 0 Å². The van der Waals surface area contributed by atoms with Crippen molar-refractivity contribution < 1.29 is 9.53 Å². The number of fused-ring (bicyclic) bond motifs is 1. The van der Waals surface area contributed by atoms with Crippen LogP contribution in [0.2, 0.25) is 0 Å². The minimum absolute atomic E-state index is 0.292. The van der Waals surface area contributed by atoms with E-state index in [9.17, 15) is 4.79 Å². The van der Waals surface area contributed by atoms with Crippen LogP contribution < -0.4 is 4.74 Å². The lowest BCUT2D eigenvalue weighted by molar-refractivity contribution is -0.133. The van der Waals surface area contributed by atoms with Crippen molar-refractivity contribution >= 4 is 5.91 Å². The smallest absolute Gasteiger partial charge is 0.236 e. The molecule has 0 unspecified atom stereocenters. The van der Waals surface area contributed by atoms with Crippen LogP contribution in [-0.2, 0) is 17.8 Å². The molecule has 1 amide bonds. The molecule has 144 valence electrons. The summed E-state index contributed by atoms with van der Waals surface area (Å²) in [5, 5.41) is 0. The highest BCUT2D eigenvalue weighted by Crippen LogP contribution is 2.26. The third-order valence-corrected chi connectivity index (χ3v) is 5.32. The van der Waals surface area contributed by atoms with Crippen LogP contribution in [0, 0.1) is 0 Å². The fourth-order valence-electron chi connectivity index (χ4n) is 3.89. The zero-order valence-corrected chi connectivity index (χ0v) is 16.4. The van der Waals surface area contributed by atoms with Gasteiger partial charge >= 0.3 is 0 Å². The van der Waals surface area contributed by atoms with Crippen LogP contribution in [0.5, 0.6) is 5.75 Å². The monoisotopic (exact) mass is 359 g/mol. The van der Waals surface area contributed by atoms with E-state index < -0.39 is 0 Å². The summed E-state index contributed by atoms with van der Waals surface area (Å²) in [5.41, 5.74) is 2.72. The van der Waals surface area contributed by atoms with Crippen molar-refractivity contribution in [2.24, 2.45) is 0 Å². The maximum Gasteiger partial charge on any atom is 0.236 e. The predicted octanol–water partition coefficient (Wildman–Crippen LogP) is 2.39. The van der Waals surface area contributed by atoms with Gasteiger partial charge in [0.25, 0.3) is 0 Å². The van der Waals surface area contributed by atoms with E-state index in [0.717, 1.165) is 77.4 Å². The Morgan fingerprint density at radius 2 is 1.77 bits per heavy atom. The van der Waals surface area contributed by atoms with E-state index in [1.54, 1.807) is 0 Å². The number of rotatable bonds is 8. The van der Waals surface area contributed by atoms with Gasteiger partial charge in [0.15, 0.2) is 0 Å². The first kappa shape index (κ1) is 19.2. The van der Waals surface area contributed by atoms with Crippen LogP contribution in [0.1, 0.15) is 37.8 Å². The van der Waals surface area contributed by atoms with Crippen LogP contribution >= 0.6 is 0 Å². The van der Waals surface area contributed by atoms with Crippen molar-refractivity contribution in [2.75, 3.05) is 52.4 Å². The van der Waals surface area contributed by atoms with Crippen molar-refractivity contribution in [3.8, 4) is 5.75 Å². The van der Waals surface area contributed by atoms with Gasteiger partial charge in [-0.2, -0.15) is 0 Å². The molecule has 0 aliphatic carbocycles. The van der Waals surface area contributed by atoms with E-state index in [4.69, 9.17) is 4.74 Å². The number of nitrogens with zero attached hydrogens (tertiary/aromatic N) is 3. The van der Waals surface area contributed by atoms with Crippen molar-refractivity contribution in [3.63, 3.8) is 0 Å². The molecular formula is C21H33N3O2. The molecule has 0 N–H and O–H groups in total. The average molecular weight is 360 g/mol. The number of carbonyl (C=O) groups is 1. The zero-order chi connectivity index (χ0) is 18.4. The number of ether oxygens (including phenoxy) is 1. The fourth-order valence-corrected chi connectivity index (χ4v) is 3.89. The van der Waals surface area contributed by atoms with E-state index in [0.29, 0.717) is 12.5 Å². The Labute approximate surface area is 157 Å². The van der Waals surface area contributed by atoms with Crippen LogP contribution in [0.25, 0.3) is 0 Å². The number of amides is 1. The van der Waals surface area contributed by atoms with Gasteiger partial charge in [-0.15, -0.1) is 0 Å². The summed E-state index contributed by atoms with van der Waals surface area (Å²) in [4.78, 5) is 19.4. The number of carbonyl (C=O) groups excluding carboxylic acids is 1. The second-order valence-corrected chi connectivity index (χ2v) is 7.47. The SMILES string of the molecule is CCCN(CCC)C(=O)CN1CCN(Cc2ccc3c(c2)CCO3)CC1. The molecule has 2 heterocycles. The van der Waals surface area contributed by atoms with Crippen molar-refractivity contribution in [3.05, 3.63) is 29.3 Å². The van der Waals surface area contributed by atoms with Crippen molar-refractivity contribution in [1.29, 1.82) is 0 Å². The van der Waals surface area contributed by atoms with Gasteiger partial charge in [0.1, 0.15) is 5.75 Å². The highest BCUT2D eigenvalue weighted by molar-refractivity contribution is 5.78. The maximum atomic E-state index is 12.5. The maximum absolute atomic E-state index is 12.5. The topological polar surface area (TPSA) is 36.0 Å². The Bertz CT molecular complexity index is 591. The number of piperazine rings is 1. The van der Waals surface area contributed by atoms with E-state index in [2.05, 4.69) is 41.8 Å². The minimum Gasteiger partial charge on any atom is -0.493 e. The van der Waals surface area contributed by atoms with E-state index in [1.165, 1.54) is 11.1 Å². The Morgan fingerprint density at radius 3 is 2.46 bits per heavy atom. The second kappa shape index (κ2) is 9.38. The largest absolute Gasteiger partial charge is 0.493 e. The molecule has 0 radical (unpaired) electrons. The number of hydrogen-bond acceptors (Lipinski definition) is 4. The molecule has 5 heteroatoms. The van der Waals surface area contributed by atoms with E-state index in [-0.39, 0.29) is 0 Å². The molecule has 1 aromatic carbocycles. The Kier molecular flexibility index (Phi) is 6.92. The fraction of sp³-hybridized carbons (Fsp3) is 0.667. The predicted molar refractivity (Wildman–Crippen MR) is 105 cm³/mol. The number of hydrogen-bond donors (Lipinski definition) is 0. The zero-order valence-electron chi connectivity index (χ0n) is 16.4. The molecule has 2 aliphatic heterocycles. The lowest BCUT2D eigenvalue weighted by Gasteiger charge is -2.35. The Balaban J connectivity index is 1.44. The second-order valence-electron chi connectivity index (χ2n) is 7.47. The van der Waals surface area contributed by atoms with Gasteiger partial charge in [-0.3, -0.25) is 14.6 Å². The summed E-state index contributed by atoms with van der Waals surface area (Å²) in [6.07, 6.45) is 3.10. The molecule has 1 saturated heterocycles. The quantitative estimate of drug-likeness (QED) is 0.714. The molecule has 5 nitrogen and oxygen atoms in total. The van der Waals surface area contributed by atoms with Gasteiger partial charge in [0.2, 0.25) is 5.91 Å². The van der Waals surface area contributed by atoms with E-state index in [1.807, 2.05) is 4.90 Å². The van der Waals surface area contributed by atoms with Crippen LogP contribution in [0.4, 0.5) is 0 Å². The summed E-state index contributed by atoms with van der Waals surface area (Å²) in [6.45, 7) is 12.4. The van der Waals surface area contributed by atoms with Crippen LogP contribution in [0.15, 0.2) is 18.2 Å². The van der Waals surface area contributed by atoms with Gasteiger partial charge in [0.05, 0.1) is 13.2 Å². The van der Waals surface area contributed by atoms with Gasteiger partial charge in [0, 0.05) is 52.2 Å². The highest BCUT2D eigenvalue weighted by Gasteiger charge is 2.22. The molecule has 0 aromatic heterocycles. The Hall–Kier alpha value is -1.59. The third kappa shape index (κ3) is 4.98. The summed E-state index contributed by atoms with van der Waals surface area (Å²) < 4.78 is 5.59. The molecule has 2 aliphatic rings. The average Bonchev–Trinajstić information content (AvgIpc) is 3.11. The first-order valence-corrected chi connectivity index (χ1v) is 10.2. The van der Waals surface area contributed by atoms with Gasteiger partial charge < -0.3 is 9.64 Å².